The average Bonchev–Trinajstić information content (AvgIpc) is 2.46. The molecule has 2 aromatic carbocycles. The summed E-state index contributed by atoms with van der Waals surface area (Å²) < 4.78 is 23.6. The van der Waals surface area contributed by atoms with Gasteiger partial charge in [-0.3, -0.25) is 0 Å². The lowest BCUT2D eigenvalue weighted by Crippen LogP contribution is -2.07. The molecule has 0 bridgehead atoms. The molecular formula is C15H13ClFNO3. The van der Waals surface area contributed by atoms with Crippen LogP contribution in [0, 0.1) is 5.82 Å². The van der Waals surface area contributed by atoms with Gasteiger partial charge in [0.1, 0.15) is 18.2 Å². The van der Waals surface area contributed by atoms with Crippen molar-refractivity contribution in [3.05, 3.63) is 58.4 Å². The van der Waals surface area contributed by atoms with Gasteiger partial charge in [-0.2, -0.15) is 0 Å². The van der Waals surface area contributed by atoms with E-state index in [4.69, 9.17) is 26.8 Å². The first-order valence-corrected chi connectivity index (χ1v) is 6.43. The third kappa shape index (κ3) is 3.64. The molecule has 2 aromatic rings. The van der Waals surface area contributed by atoms with Crippen LogP contribution in [-0.4, -0.2) is 13.1 Å². The predicted octanol–water partition coefficient (Wildman–Crippen LogP) is 3.43. The van der Waals surface area contributed by atoms with Crippen LogP contribution in [0.5, 0.6) is 5.75 Å². The molecule has 0 atom stereocenters. The zero-order valence-electron chi connectivity index (χ0n) is 11.2. The van der Waals surface area contributed by atoms with Crippen LogP contribution >= 0.6 is 11.6 Å². The van der Waals surface area contributed by atoms with E-state index in [9.17, 15) is 9.18 Å². The first kappa shape index (κ1) is 15.1. The SMILES string of the molecule is COc1cc(C(=O)OCc2ccc(Cl)cc2F)ccc1N. The van der Waals surface area contributed by atoms with Crippen LogP contribution in [0.2, 0.25) is 5.02 Å². The summed E-state index contributed by atoms with van der Waals surface area (Å²) in [6.45, 7) is -0.186. The lowest BCUT2D eigenvalue weighted by molar-refractivity contribution is 0.0468. The number of nitrogen functional groups attached to an aromatic ring is 1. The van der Waals surface area contributed by atoms with Gasteiger partial charge in [-0.05, 0) is 30.3 Å². The standard InChI is InChI=1S/C15H13ClFNO3/c1-20-14-6-9(3-5-13(14)18)15(19)21-8-10-2-4-11(16)7-12(10)17/h2-7H,8,18H2,1H3. The van der Waals surface area contributed by atoms with Crippen molar-refractivity contribution in [2.45, 2.75) is 6.61 Å². The molecule has 0 aliphatic heterocycles. The van der Waals surface area contributed by atoms with E-state index in [1.165, 1.54) is 37.4 Å². The fourth-order valence-corrected chi connectivity index (χ4v) is 1.86. The molecule has 2 N–H and O–H groups in total. The van der Waals surface area contributed by atoms with Crippen molar-refractivity contribution < 1.29 is 18.7 Å². The average molecular weight is 310 g/mol. The third-order valence-electron chi connectivity index (χ3n) is 2.84. The van der Waals surface area contributed by atoms with Gasteiger partial charge in [0.15, 0.2) is 0 Å². The topological polar surface area (TPSA) is 61.5 Å². The van der Waals surface area contributed by atoms with Gasteiger partial charge in [0.2, 0.25) is 0 Å². The maximum Gasteiger partial charge on any atom is 0.338 e. The number of hydrogen-bond donors (Lipinski definition) is 1. The summed E-state index contributed by atoms with van der Waals surface area (Å²) in [6.07, 6.45) is 0. The number of carbonyl (C=O) groups excluding carboxylic acids is 1. The molecule has 0 spiro atoms. The number of hydrogen-bond acceptors (Lipinski definition) is 4. The molecule has 0 aromatic heterocycles. The maximum atomic E-state index is 13.6. The van der Waals surface area contributed by atoms with E-state index >= 15 is 0 Å². The van der Waals surface area contributed by atoms with E-state index < -0.39 is 11.8 Å². The maximum absolute atomic E-state index is 13.6. The van der Waals surface area contributed by atoms with E-state index in [2.05, 4.69) is 0 Å². The summed E-state index contributed by atoms with van der Waals surface area (Å²) in [5.74, 6) is -0.741. The van der Waals surface area contributed by atoms with Gasteiger partial charge in [0.05, 0.1) is 18.4 Å². The second-order valence-electron chi connectivity index (χ2n) is 4.27. The molecule has 0 saturated heterocycles. The van der Waals surface area contributed by atoms with E-state index in [1.807, 2.05) is 0 Å². The Hall–Kier alpha value is -2.27. The Morgan fingerprint density at radius 3 is 2.71 bits per heavy atom. The van der Waals surface area contributed by atoms with Gasteiger partial charge in [-0.25, -0.2) is 9.18 Å². The fourth-order valence-electron chi connectivity index (χ4n) is 1.70. The number of anilines is 1. The summed E-state index contributed by atoms with van der Waals surface area (Å²) >= 11 is 5.65. The monoisotopic (exact) mass is 309 g/mol. The van der Waals surface area contributed by atoms with Crippen LogP contribution < -0.4 is 10.5 Å². The molecule has 0 aliphatic carbocycles. The molecule has 0 saturated carbocycles. The Bertz CT molecular complexity index is 676. The Labute approximate surface area is 126 Å². The van der Waals surface area contributed by atoms with Crippen molar-refractivity contribution in [1.82, 2.24) is 0 Å². The number of nitrogens with two attached hydrogens (primary N) is 1. The van der Waals surface area contributed by atoms with Crippen LogP contribution in [0.1, 0.15) is 15.9 Å². The normalized spacial score (nSPS) is 10.2. The lowest BCUT2D eigenvalue weighted by atomic mass is 10.2. The minimum atomic E-state index is -0.595. The lowest BCUT2D eigenvalue weighted by Gasteiger charge is -2.08. The molecule has 2 rings (SSSR count). The molecular weight excluding hydrogens is 297 g/mol. The van der Waals surface area contributed by atoms with Crippen molar-refractivity contribution in [3.8, 4) is 5.75 Å². The van der Waals surface area contributed by atoms with Crippen LogP contribution in [0.3, 0.4) is 0 Å². The second-order valence-corrected chi connectivity index (χ2v) is 4.71. The van der Waals surface area contributed by atoms with E-state index in [-0.39, 0.29) is 22.8 Å². The van der Waals surface area contributed by atoms with Crippen LogP contribution in [0.15, 0.2) is 36.4 Å². The summed E-state index contributed by atoms with van der Waals surface area (Å²) in [5.41, 5.74) is 6.59. The Kier molecular flexibility index (Phi) is 4.65. The number of carbonyl (C=O) groups is 1. The third-order valence-corrected chi connectivity index (χ3v) is 3.08. The van der Waals surface area contributed by atoms with Gasteiger partial charge in [-0.1, -0.05) is 17.7 Å². The second kappa shape index (κ2) is 6.45. The number of esters is 1. The highest BCUT2D eigenvalue weighted by atomic mass is 35.5. The van der Waals surface area contributed by atoms with Crippen molar-refractivity contribution in [3.63, 3.8) is 0 Å². The van der Waals surface area contributed by atoms with Crippen molar-refractivity contribution in [2.24, 2.45) is 0 Å². The van der Waals surface area contributed by atoms with Crippen LogP contribution in [0.4, 0.5) is 10.1 Å². The van der Waals surface area contributed by atoms with E-state index in [0.717, 1.165) is 6.07 Å². The Morgan fingerprint density at radius 2 is 2.05 bits per heavy atom. The van der Waals surface area contributed by atoms with Gasteiger partial charge in [0.25, 0.3) is 0 Å². The Morgan fingerprint density at radius 1 is 1.29 bits per heavy atom. The first-order valence-electron chi connectivity index (χ1n) is 6.06. The summed E-state index contributed by atoms with van der Waals surface area (Å²) in [4.78, 5) is 11.9. The van der Waals surface area contributed by atoms with Gasteiger partial charge < -0.3 is 15.2 Å². The highest BCUT2D eigenvalue weighted by Crippen LogP contribution is 2.23. The highest BCUT2D eigenvalue weighted by molar-refractivity contribution is 6.30. The minimum Gasteiger partial charge on any atom is -0.495 e. The van der Waals surface area contributed by atoms with E-state index in [1.54, 1.807) is 0 Å². The molecule has 0 aliphatic rings. The van der Waals surface area contributed by atoms with Crippen molar-refractivity contribution in [2.75, 3.05) is 12.8 Å². The molecule has 0 heterocycles. The molecule has 110 valence electrons. The predicted molar refractivity (Wildman–Crippen MR) is 77.9 cm³/mol. The van der Waals surface area contributed by atoms with Gasteiger partial charge in [-0.15, -0.1) is 0 Å². The van der Waals surface area contributed by atoms with Gasteiger partial charge in [0, 0.05) is 10.6 Å². The molecule has 4 nitrogen and oxygen atoms in total. The zero-order chi connectivity index (χ0) is 15.4. The van der Waals surface area contributed by atoms with Crippen LogP contribution in [0.25, 0.3) is 0 Å². The summed E-state index contributed by atoms with van der Waals surface area (Å²) in [6, 6.07) is 8.68. The minimum absolute atomic E-state index is 0.186. The zero-order valence-corrected chi connectivity index (χ0v) is 12.0. The Balaban J connectivity index is 2.08. The summed E-state index contributed by atoms with van der Waals surface area (Å²) in [5, 5.41) is 0.283. The highest BCUT2D eigenvalue weighted by Gasteiger charge is 2.12. The molecule has 6 heteroatoms. The van der Waals surface area contributed by atoms with E-state index in [0.29, 0.717) is 11.4 Å². The van der Waals surface area contributed by atoms with Crippen LogP contribution in [-0.2, 0) is 11.3 Å². The number of ether oxygens (including phenoxy) is 2. The molecule has 0 amide bonds. The number of methoxy groups -OCH3 is 1. The number of benzene rings is 2. The van der Waals surface area contributed by atoms with Gasteiger partial charge >= 0.3 is 5.97 Å². The number of rotatable bonds is 4. The fraction of sp³-hybridized carbons (Fsp3) is 0.133. The molecule has 0 fully saturated rings. The largest absolute Gasteiger partial charge is 0.495 e. The summed E-state index contributed by atoms with van der Waals surface area (Å²) in [7, 11) is 1.45. The van der Waals surface area contributed by atoms with Crippen molar-refractivity contribution in [1.29, 1.82) is 0 Å². The first-order chi connectivity index (χ1) is 10.0. The molecule has 21 heavy (non-hydrogen) atoms. The quantitative estimate of drug-likeness (QED) is 0.694. The molecule has 0 radical (unpaired) electrons. The van der Waals surface area contributed by atoms with Crippen molar-refractivity contribution >= 4 is 23.3 Å². The smallest absolute Gasteiger partial charge is 0.338 e. The molecule has 0 unspecified atom stereocenters. The number of halogens is 2.